The highest BCUT2D eigenvalue weighted by Gasteiger charge is 2.26. The number of halogens is 2. The van der Waals surface area contributed by atoms with Gasteiger partial charge in [-0.15, -0.1) is 0 Å². The zero-order valence-corrected chi connectivity index (χ0v) is 16.9. The van der Waals surface area contributed by atoms with Crippen molar-refractivity contribution >= 4 is 44.8 Å². The molecule has 0 radical (unpaired) electrons. The summed E-state index contributed by atoms with van der Waals surface area (Å²) in [7, 11) is -3.41. The molecule has 0 spiro atoms. The molecule has 0 aromatic heterocycles. The van der Waals surface area contributed by atoms with Gasteiger partial charge in [0.1, 0.15) is 0 Å². The van der Waals surface area contributed by atoms with Crippen LogP contribution in [0.5, 0.6) is 0 Å². The highest BCUT2D eigenvalue weighted by atomic mass is 35.5. The van der Waals surface area contributed by atoms with Crippen LogP contribution in [0.2, 0.25) is 10.0 Å². The van der Waals surface area contributed by atoms with Gasteiger partial charge in [-0.1, -0.05) is 35.3 Å². The Labute approximate surface area is 169 Å². The van der Waals surface area contributed by atoms with E-state index >= 15 is 0 Å². The van der Waals surface area contributed by atoms with Crippen molar-refractivity contribution in [1.82, 2.24) is 4.31 Å². The molecule has 2 aromatic rings. The number of hydrogen-bond donors (Lipinski definition) is 1. The number of benzene rings is 2. The van der Waals surface area contributed by atoms with Gasteiger partial charge < -0.3 is 5.32 Å². The standard InChI is InChI=1S/C19H20Cl2N2O3S/c20-15-6-9-18(17(21)13-15)22-19(24)10-5-14-3-7-16(8-4-14)27(25,26)23-11-1-2-12-23/h3-4,6-9,13H,1-2,5,10-12H2,(H,22,24). The fraction of sp³-hybridized carbons (Fsp3) is 0.316. The van der Waals surface area contributed by atoms with Crippen LogP contribution in [-0.2, 0) is 21.2 Å². The summed E-state index contributed by atoms with van der Waals surface area (Å²) < 4.78 is 26.5. The highest BCUT2D eigenvalue weighted by molar-refractivity contribution is 7.89. The minimum absolute atomic E-state index is 0.173. The van der Waals surface area contributed by atoms with Crippen LogP contribution in [0.15, 0.2) is 47.4 Å². The van der Waals surface area contributed by atoms with E-state index in [-0.39, 0.29) is 12.3 Å². The molecule has 144 valence electrons. The summed E-state index contributed by atoms with van der Waals surface area (Å²) in [6, 6.07) is 11.6. The number of sulfonamides is 1. The lowest BCUT2D eigenvalue weighted by molar-refractivity contribution is -0.116. The van der Waals surface area contributed by atoms with Gasteiger partial charge in [0.2, 0.25) is 15.9 Å². The molecule has 1 heterocycles. The van der Waals surface area contributed by atoms with E-state index in [1.54, 1.807) is 42.5 Å². The minimum atomic E-state index is -3.41. The molecule has 1 aliphatic heterocycles. The molecule has 0 saturated carbocycles. The van der Waals surface area contributed by atoms with Crippen molar-refractivity contribution in [3.63, 3.8) is 0 Å². The molecule has 1 fully saturated rings. The Bertz CT molecular complexity index is 924. The van der Waals surface area contributed by atoms with Gasteiger partial charge in [0.25, 0.3) is 0 Å². The number of hydrogen-bond acceptors (Lipinski definition) is 3. The summed E-state index contributed by atoms with van der Waals surface area (Å²) in [6.45, 7) is 1.16. The fourth-order valence-electron chi connectivity index (χ4n) is 2.97. The van der Waals surface area contributed by atoms with Crippen LogP contribution in [-0.4, -0.2) is 31.7 Å². The molecule has 0 bridgehead atoms. The van der Waals surface area contributed by atoms with Crippen molar-refractivity contribution in [2.75, 3.05) is 18.4 Å². The molecule has 2 aromatic carbocycles. The number of carbonyl (C=O) groups is 1. The predicted octanol–water partition coefficient (Wildman–Crippen LogP) is 4.35. The third-order valence-electron chi connectivity index (χ3n) is 4.47. The van der Waals surface area contributed by atoms with Crippen LogP contribution in [0.3, 0.4) is 0 Å². The van der Waals surface area contributed by atoms with E-state index in [9.17, 15) is 13.2 Å². The summed E-state index contributed by atoms with van der Waals surface area (Å²) in [5.74, 6) is -0.173. The quantitative estimate of drug-likeness (QED) is 0.746. The van der Waals surface area contributed by atoms with E-state index in [0.717, 1.165) is 18.4 Å². The van der Waals surface area contributed by atoms with Gasteiger partial charge in [-0.25, -0.2) is 8.42 Å². The zero-order valence-electron chi connectivity index (χ0n) is 14.6. The average molecular weight is 427 g/mol. The van der Waals surface area contributed by atoms with Gasteiger partial charge >= 0.3 is 0 Å². The topological polar surface area (TPSA) is 66.5 Å². The van der Waals surface area contributed by atoms with Gasteiger partial charge in [-0.05, 0) is 55.2 Å². The average Bonchev–Trinajstić information content (AvgIpc) is 3.18. The fourth-order valence-corrected chi connectivity index (χ4v) is 4.94. The van der Waals surface area contributed by atoms with E-state index in [1.807, 2.05) is 0 Å². The van der Waals surface area contributed by atoms with Crippen LogP contribution >= 0.6 is 23.2 Å². The molecule has 0 atom stereocenters. The van der Waals surface area contributed by atoms with Crippen LogP contribution in [0.25, 0.3) is 0 Å². The second kappa shape index (κ2) is 8.61. The second-order valence-electron chi connectivity index (χ2n) is 6.43. The van der Waals surface area contributed by atoms with Crippen molar-refractivity contribution in [1.29, 1.82) is 0 Å². The largest absolute Gasteiger partial charge is 0.325 e. The van der Waals surface area contributed by atoms with Crippen LogP contribution in [0.1, 0.15) is 24.8 Å². The third-order valence-corrected chi connectivity index (χ3v) is 6.93. The van der Waals surface area contributed by atoms with Gasteiger partial charge in [-0.2, -0.15) is 4.31 Å². The Morgan fingerprint density at radius 1 is 1.04 bits per heavy atom. The smallest absolute Gasteiger partial charge is 0.243 e. The summed E-state index contributed by atoms with van der Waals surface area (Å²) in [5.41, 5.74) is 1.41. The molecular formula is C19H20Cl2N2O3S. The van der Waals surface area contributed by atoms with E-state index in [1.165, 1.54) is 4.31 Å². The highest BCUT2D eigenvalue weighted by Crippen LogP contribution is 2.26. The van der Waals surface area contributed by atoms with Crippen molar-refractivity contribution < 1.29 is 13.2 Å². The van der Waals surface area contributed by atoms with E-state index in [2.05, 4.69) is 5.32 Å². The van der Waals surface area contributed by atoms with E-state index in [0.29, 0.717) is 40.1 Å². The van der Waals surface area contributed by atoms with Gasteiger partial charge in [0, 0.05) is 24.5 Å². The van der Waals surface area contributed by atoms with Crippen LogP contribution in [0, 0.1) is 0 Å². The molecule has 8 heteroatoms. The Balaban J connectivity index is 1.57. The molecule has 1 saturated heterocycles. The van der Waals surface area contributed by atoms with Gasteiger partial charge in [-0.3, -0.25) is 4.79 Å². The van der Waals surface area contributed by atoms with Crippen molar-refractivity contribution in [3.05, 3.63) is 58.1 Å². The molecule has 3 rings (SSSR count). The number of carbonyl (C=O) groups excluding carboxylic acids is 1. The second-order valence-corrected chi connectivity index (χ2v) is 9.21. The first kappa shape index (κ1) is 20.1. The van der Waals surface area contributed by atoms with Gasteiger partial charge in [0.05, 0.1) is 15.6 Å². The summed E-state index contributed by atoms with van der Waals surface area (Å²) in [6.07, 6.45) is 2.58. The molecular weight excluding hydrogens is 407 g/mol. The predicted molar refractivity (Wildman–Crippen MR) is 108 cm³/mol. The first-order chi connectivity index (χ1) is 12.9. The number of rotatable bonds is 6. The Kier molecular flexibility index (Phi) is 6.42. The third kappa shape index (κ3) is 5.02. The summed E-state index contributed by atoms with van der Waals surface area (Å²) >= 11 is 11.9. The minimum Gasteiger partial charge on any atom is -0.325 e. The molecule has 5 nitrogen and oxygen atoms in total. The summed E-state index contributed by atoms with van der Waals surface area (Å²) in [5, 5.41) is 3.63. The Hall–Kier alpha value is -1.60. The Morgan fingerprint density at radius 3 is 2.33 bits per heavy atom. The van der Waals surface area contributed by atoms with E-state index in [4.69, 9.17) is 23.2 Å². The number of aryl methyl sites for hydroxylation is 1. The number of amides is 1. The molecule has 27 heavy (non-hydrogen) atoms. The first-order valence-corrected chi connectivity index (χ1v) is 10.9. The maximum absolute atomic E-state index is 12.5. The number of anilines is 1. The monoisotopic (exact) mass is 426 g/mol. The van der Waals surface area contributed by atoms with Crippen molar-refractivity contribution in [2.45, 2.75) is 30.6 Å². The number of nitrogens with one attached hydrogen (secondary N) is 1. The molecule has 0 aliphatic carbocycles. The SMILES string of the molecule is O=C(CCc1ccc(S(=O)(=O)N2CCCC2)cc1)Nc1ccc(Cl)cc1Cl. The maximum Gasteiger partial charge on any atom is 0.243 e. The van der Waals surface area contributed by atoms with Crippen molar-refractivity contribution in [3.8, 4) is 0 Å². The Morgan fingerprint density at radius 2 is 1.70 bits per heavy atom. The van der Waals surface area contributed by atoms with Crippen molar-refractivity contribution in [2.24, 2.45) is 0 Å². The lowest BCUT2D eigenvalue weighted by atomic mass is 10.1. The van der Waals surface area contributed by atoms with Crippen LogP contribution < -0.4 is 5.32 Å². The lowest BCUT2D eigenvalue weighted by Gasteiger charge is -2.15. The molecule has 1 amide bonds. The zero-order chi connectivity index (χ0) is 19.4. The molecule has 1 N–H and O–H groups in total. The van der Waals surface area contributed by atoms with E-state index < -0.39 is 10.0 Å². The summed E-state index contributed by atoms with van der Waals surface area (Å²) in [4.78, 5) is 12.4. The molecule has 1 aliphatic rings. The molecule has 0 unspecified atom stereocenters. The normalized spacial score (nSPS) is 15.0. The number of nitrogens with zero attached hydrogens (tertiary/aromatic N) is 1. The maximum atomic E-state index is 12.5. The van der Waals surface area contributed by atoms with Crippen LogP contribution in [0.4, 0.5) is 5.69 Å². The lowest BCUT2D eigenvalue weighted by Crippen LogP contribution is -2.27. The first-order valence-electron chi connectivity index (χ1n) is 8.70. The van der Waals surface area contributed by atoms with Gasteiger partial charge in [0.15, 0.2) is 0 Å².